The van der Waals surface area contributed by atoms with Gasteiger partial charge in [-0.15, -0.1) is 0 Å². The van der Waals surface area contributed by atoms with Crippen molar-refractivity contribution in [2.75, 3.05) is 23.7 Å². The van der Waals surface area contributed by atoms with E-state index in [9.17, 15) is 0 Å². The summed E-state index contributed by atoms with van der Waals surface area (Å²) >= 11 is 6.27. The van der Waals surface area contributed by atoms with Crippen molar-refractivity contribution >= 4 is 23.0 Å². The fourth-order valence-electron chi connectivity index (χ4n) is 1.93. The van der Waals surface area contributed by atoms with Crippen LogP contribution in [0.5, 0.6) is 0 Å². The number of hydrogen-bond donors (Lipinski definition) is 1. The van der Waals surface area contributed by atoms with Crippen LogP contribution in [0.15, 0.2) is 18.2 Å². The number of nitrogens with zero attached hydrogens (tertiary/aromatic N) is 1. The molecule has 2 nitrogen and oxygen atoms in total. The van der Waals surface area contributed by atoms with Crippen molar-refractivity contribution in [3.05, 3.63) is 23.2 Å². The lowest BCUT2D eigenvalue weighted by Gasteiger charge is -2.29. The summed E-state index contributed by atoms with van der Waals surface area (Å²) in [5.74, 6) is 1.23. The third-order valence-corrected chi connectivity index (χ3v) is 2.79. The van der Waals surface area contributed by atoms with E-state index < -0.39 is 0 Å². The smallest absolute Gasteiger partial charge is 0.0660 e. The van der Waals surface area contributed by atoms with Crippen LogP contribution in [0.25, 0.3) is 0 Å². The van der Waals surface area contributed by atoms with Crippen molar-refractivity contribution in [2.45, 2.75) is 27.7 Å². The lowest BCUT2D eigenvalue weighted by atomic mass is 10.1. The second kappa shape index (κ2) is 6.15. The van der Waals surface area contributed by atoms with Crippen LogP contribution >= 0.6 is 11.6 Å². The average molecular weight is 255 g/mol. The van der Waals surface area contributed by atoms with Gasteiger partial charge in [0.2, 0.25) is 0 Å². The Hall–Kier alpha value is -0.890. The SMILES string of the molecule is CC(C)CN(CC(C)C)c1ccc(N)cc1Cl. The summed E-state index contributed by atoms with van der Waals surface area (Å²) in [6.07, 6.45) is 0. The molecule has 1 aromatic rings. The van der Waals surface area contributed by atoms with Gasteiger partial charge < -0.3 is 10.6 Å². The Morgan fingerprint density at radius 1 is 1.12 bits per heavy atom. The molecule has 0 amide bonds. The number of benzene rings is 1. The van der Waals surface area contributed by atoms with Crippen LogP contribution in [0.4, 0.5) is 11.4 Å². The largest absolute Gasteiger partial charge is 0.399 e. The number of nitrogens with two attached hydrogens (primary N) is 1. The lowest BCUT2D eigenvalue weighted by molar-refractivity contribution is 0.553. The van der Waals surface area contributed by atoms with Gasteiger partial charge in [0.15, 0.2) is 0 Å². The fourth-order valence-corrected chi connectivity index (χ4v) is 2.24. The molecule has 0 aliphatic heterocycles. The molecule has 0 atom stereocenters. The first-order chi connectivity index (χ1) is 7.90. The Balaban J connectivity index is 2.95. The normalized spacial score (nSPS) is 11.2. The van der Waals surface area contributed by atoms with Crippen LogP contribution in [0.3, 0.4) is 0 Å². The summed E-state index contributed by atoms with van der Waals surface area (Å²) in [5, 5.41) is 0.742. The van der Waals surface area contributed by atoms with Gasteiger partial charge in [0.05, 0.1) is 10.7 Å². The van der Waals surface area contributed by atoms with Crippen LogP contribution in [-0.4, -0.2) is 13.1 Å². The first kappa shape index (κ1) is 14.2. The van der Waals surface area contributed by atoms with Crippen LogP contribution < -0.4 is 10.6 Å². The topological polar surface area (TPSA) is 29.3 Å². The molecule has 0 aromatic heterocycles. The summed E-state index contributed by atoms with van der Waals surface area (Å²) in [4.78, 5) is 2.34. The third-order valence-electron chi connectivity index (χ3n) is 2.48. The quantitative estimate of drug-likeness (QED) is 0.804. The molecular formula is C14H23ClN2. The molecule has 1 aromatic carbocycles. The summed E-state index contributed by atoms with van der Waals surface area (Å²) in [6, 6.07) is 5.75. The molecule has 0 radical (unpaired) electrons. The number of nitrogen functional groups attached to an aromatic ring is 1. The van der Waals surface area contributed by atoms with E-state index >= 15 is 0 Å². The summed E-state index contributed by atoms with van der Waals surface area (Å²) in [6.45, 7) is 10.9. The molecule has 0 saturated carbocycles. The molecule has 0 bridgehead atoms. The molecule has 0 unspecified atom stereocenters. The number of halogens is 1. The molecule has 0 saturated heterocycles. The highest BCUT2D eigenvalue weighted by Gasteiger charge is 2.13. The van der Waals surface area contributed by atoms with Crippen molar-refractivity contribution in [1.29, 1.82) is 0 Å². The van der Waals surface area contributed by atoms with Gasteiger partial charge in [-0.05, 0) is 30.0 Å². The lowest BCUT2D eigenvalue weighted by Crippen LogP contribution is -2.31. The maximum Gasteiger partial charge on any atom is 0.0660 e. The maximum atomic E-state index is 6.27. The Labute approximate surface area is 110 Å². The molecular weight excluding hydrogens is 232 g/mol. The fraction of sp³-hybridized carbons (Fsp3) is 0.571. The molecule has 0 heterocycles. The van der Waals surface area contributed by atoms with E-state index in [1.165, 1.54) is 0 Å². The number of anilines is 2. The van der Waals surface area contributed by atoms with Gasteiger partial charge >= 0.3 is 0 Å². The molecule has 17 heavy (non-hydrogen) atoms. The van der Waals surface area contributed by atoms with Crippen molar-refractivity contribution in [3.63, 3.8) is 0 Å². The van der Waals surface area contributed by atoms with Crippen LogP contribution in [0, 0.1) is 11.8 Å². The molecule has 2 N–H and O–H groups in total. The van der Waals surface area contributed by atoms with Crippen LogP contribution in [-0.2, 0) is 0 Å². The van der Waals surface area contributed by atoms with Crippen molar-refractivity contribution in [3.8, 4) is 0 Å². The zero-order chi connectivity index (χ0) is 13.0. The van der Waals surface area contributed by atoms with E-state index in [0.29, 0.717) is 17.5 Å². The predicted molar refractivity (Wildman–Crippen MR) is 77.8 cm³/mol. The second-order valence-corrected chi connectivity index (χ2v) is 5.81. The van der Waals surface area contributed by atoms with Gasteiger partial charge in [0.25, 0.3) is 0 Å². The van der Waals surface area contributed by atoms with E-state index in [1.54, 1.807) is 0 Å². The number of hydrogen-bond acceptors (Lipinski definition) is 2. The minimum Gasteiger partial charge on any atom is -0.399 e. The van der Waals surface area contributed by atoms with E-state index in [1.807, 2.05) is 18.2 Å². The third kappa shape index (κ3) is 4.47. The molecule has 0 aliphatic carbocycles. The first-order valence-electron chi connectivity index (χ1n) is 6.20. The Morgan fingerprint density at radius 3 is 2.06 bits per heavy atom. The van der Waals surface area contributed by atoms with Crippen molar-refractivity contribution in [1.82, 2.24) is 0 Å². The minimum absolute atomic E-state index is 0.613. The summed E-state index contributed by atoms with van der Waals surface area (Å²) in [5.41, 5.74) is 7.53. The zero-order valence-electron chi connectivity index (χ0n) is 11.2. The Bertz CT molecular complexity index is 351. The standard InChI is InChI=1S/C14H23ClN2/c1-10(2)8-17(9-11(3)4)14-6-5-12(16)7-13(14)15/h5-7,10-11H,8-9,16H2,1-4H3. The predicted octanol–water partition coefficient (Wildman–Crippen LogP) is 4.04. The minimum atomic E-state index is 0.613. The molecule has 3 heteroatoms. The maximum absolute atomic E-state index is 6.27. The first-order valence-corrected chi connectivity index (χ1v) is 6.58. The second-order valence-electron chi connectivity index (χ2n) is 5.40. The molecule has 0 spiro atoms. The van der Waals surface area contributed by atoms with E-state index in [-0.39, 0.29) is 0 Å². The van der Waals surface area contributed by atoms with Gasteiger partial charge in [-0.1, -0.05) is 39.3 Å². The van der Waals surface area contributed by atoms with E-state index in [0.717, 1.165) is 23.8 Å². The van der Waals surface area contributed by atoms with Gasteiger partial charge in [0, 0.05) is 18.8 Å². The molecule has 96 valence electrons. The van der Waals surface area contributed by atoms with Gasteiger partial charge in [-0.2, -0.15) is 0 Å². The highest BCUT2D eigenvalue weighted by atomic mass is 35.5. The molecule has 0 aliphatic rings. The van der Waals surface area contributed by atoms with Crippen molar-refractivity contribution < 1.29 is 0 Å². The highest BCUT2D eigenvalue weighted by Crippen LogP contribution is 2.29. The monoisotopic (exact) mass is 254 g/mol. The van der Waals surface area contributed by atoms with Gasteiger partial charge in [-0.3, -0.25) is 0 Å². The van der Waals surface area contributed by atoms with E-state index in [2.05, 4.69) is 32.6 Å². The van der Waals surface area contributed by atoms with Crippen LogP contribution in [0.2, 0.25) is 5.02 Å². The Morgan fingerprint density at radius 2 is 1.65 bits per heavy atom. The van der Waals surface area contributed by atoms with Crippen LogP contribution in [0.1, 0.15) is 27.7 Å². The zero-order valence-corrected chi connectivity index (χ0v) is 12.0. The molecule has 0 fully saturated rings. The Kier molecular flexibility index (Phi) is 5.13. The van der Waals surface area contributed by atoms with Gasteiger partial charge in [0.1, 0.15) is 0 Å². The van der Waals surface area contributed by atoms with Gasteiger partial charge in [-0.25, -0.2) is 0 Å². The van der Waals surface area contributed by atoms with Crippen molar-refractivity contribution in [2.24, 2.45) is 11.8 Å². The summed E-state index contributed by atoms with van der Waals surface area (Å²) < 4.78 is 0. The highest BCUT2D eigenvalue weighted by molar-refractivity contribution is 6.33. The molecule has 1 rings (SSSR count). The summed E-state index contributed by atoms with van der Waals surface area (Å²) in [7, 11) is 0. The average Bonchev–Trinajstić information content (AvgIpc) is 2.14. The van der Waals surface area contributed by atoms with E-state index in [4.69, 9.17) is 17.3 Å². The number of rotatable bonds is 5.